The maximum absolute atomic E-state index is 14.1. The Kier molecular flexibility index (Phi) is 6.59. The molecule has 3 aliphatic rings. The Hall–Kier alpha value is -4.40. The predicted octanol–water partition coefficient (Wildman–Crippen LogP) is 0.472. The van der Waals surface area contributed by atoms with Crippen molar-refractivity contribution in [2.75, 3.05) is 33.1 Å². The summed E-state index contributed by atoms with van der Waals surface area (Å²) in [7, 11) is 6.64. The molecule has 2 fully saturated rings. The SMILES string of the molecule is CN(C)c1cc(-c2ccc(C#N)cc2)c(O)c2c1CC1CC3C(N(C)C)C(=O)C(C(N)=O)C(=O)C3(O)C(=O)C1C2=O. The zero-order chi connectivity index (χ0) is 30.1. The Balaban J connectivity index is 1.68. The Morgan fingerprint density at radius 2 is 1.71 bits per heavy atom. The summed E-state index contributed by atoms with van der Waals surface area (Å²) < 4.78 is 0. The van der Waals surface area contributed by atoms with E-state index in [9.17, 15) is 34.2 Å². The van der Waals surface area contributed by atoms with E-state index in [4.69, 9.17) is 11.0 Å². The Morgan fingerprint density at radius 3 is 2.24 bits per heavy atom. The van der Waals surface area contributed by atoms with E-state index in [1.54, 1.807) is 63.4 Å². The van der Waals surface area contributed by atoms with Crippen LogP contribution in [0.3, 0.4) is 0 Å². The van der Waals surface area contributed by atoms with Crippen molar-refractivity contribution in [1.82, 2.24) is 4.90 Å². The van der Waals surface area contributed by atoms with Crippen molar-refractivity contribution in [3.8, 4) is 22.9 Å². The van der Waals surface area contributed by atoms with Crippen LogP contribution in [0.4, 0.5) is 5.69 Å². The average Bonchev–Trinajstić information content (AvgIpc) is 2.90. The van der Waals surface area contributed by atoms with Crippen LogP contribution in [0, 0.1) is 35.0 Å². The average molecular weight is 559 g/mol. The Labute approximate surface area is 236 Å². The summed E-state index contributed by atoms with van der Waals surface area (Å²) in [6.45, 7) is 0. The molecule has 0 spiro atoms. The number of primary amides is 1. The van der Waals surface area contributed by atoms with E-state index in [1.807, 2.05) is 6.07 Å². The standard InChI is InChI=1S/C30H30N4O7/c1-33(2)19-11-16(14-7-5-13(12-31)6-8-14)24(35)21-17(19)9-15-10-18-23(34(3)4)26(37)22(29(32)40)28(39)30(18,41)27(38)20(15)25(21)36/h5-8,11,15,18,20,22-23,35,41H,9-10H2,1-4H3,(H2,32,40). The lowest BCUT2D eigenvalue weighted by Gasteiger charge is -2.52. The van der Waals surface area contributed by atoms with Gasteiger partial charge in [-0.2, -0.15) is 5.26 Å². The number of benzene rings is 2. The highest BCUT2D eigenvalue weighted by Crippen LogP contribution is 2.53. The quantitative estimate of drug-likeness (QED) is 0.446. The third-order valence-electron chi connectivity index (χ3n) is 8.84. The van der Waals surface area contributed by atoms with E-state index in [2.05, 4.69) is 0 Å². The molecular formula is C30H30N4O7. The fourth-order valence-electron chi connectivity index (χ4n) is 7.00. The maximum Gasteiger partial charge on any atom is 0.235 e. The highest BCUT2D eigenvalue weighted by molar-refractivity contribution is 6.32. The molecule has 6 atom stereocenters. The molecule has 11 nitrogen and oxygen atoms in total. The molecule has 41 heavy (non-hydrogen) atoms. The summed E-state index contributed by atoms with van der Waals surface area (Å²) in [4.78, 5) is 70.2. The number of fused-ring (bicyclic) bond motifs is 3. The largest absolute Gasteiger partial charge is 0.507 e. The molecule has 1 amide bonds. The van der Waals surface area contributed by atoms with Gasteiger partial charge in [0.05, 0.1) is 29.2 Å². The van der Waals surface area contributed by atoms with Gasteiger partial charge in [0.1, 0.15) is 5.75 Å². The van der Waals surface area contributed by atoms with Crippen molar-refractivity contribution in [3.05, 3.63) is 47.0 Å². The number of phenolic OH excluding ortho intramolecular Hbond substituents is 1. The van der Waals surface area contributed by atoms with Gasteiger partial charge in [-0.15, -0.1) is 0 Å². The number of hydrogen-bond donors (Lipinski definition) is 3. The van der Waals surface area contributed by atoms with E-state index >= 15 is 0 Å². The molecule has 4 N–H and O–H groups in total. The second-order valence-electron chi connectivity index (χ2n) is 11.5. The molecule has 2 aromatic rings. The van der Waals surface area contributed by atoms with Crippen LogP contribution in [0.15, 0.2) is 30.3 Å². The number of Topliss-reactive ketones (excluding diaryl/α,β-unsaturated/α-hetero) is 4. The molecule has 2 aromatic carbocycles. The summed E-state index contributed by atoms with van der Waals surface area (Å²) in [5.41, 5.74) is 4.91. The molecule has 0 aromatic heterocycles. The van der Waals surface area contributed by atoms with Gasteiger partial charge in [0.25, 0.3) is 0 Å². The highest BCUT2D eigenvalue weighted by atomic mass is 16.3. The fraction of sp³-hybridized carbons (Fsp3) is 0.400. The smallest absolute Gasteiger partial charge is 0.235 e. The normalized spacial score (nSPS) is 29.0. The van der Waals surface area contributed by atoms with Gasteiger partial charge < -0.3 is 20.8 Å². The van der Waals surface area contributed by atoms with Gasteiger partial charge in [-0.3, -0.25) is 28.9 Å². The Morgan fingerprint density at radius 1 is 1.07 bits per heavy atom. The van der Waals surface area contributed by atoms with Crippen LogP contribution in [-0.4, -0.2) is 84.0 Å². The van der Waals surface area contributed by atoms with Gasteiger partial charge in [-0.05, 0) is 62.2 Å². The first-order chi connectivity index (χ1) is 19.2. The number of ketones is 4. The highest BCUT2D eigenvalue weighted by Gasteiger charge is 2.69. The van der Waals surface area contributed by atoms with E-state index in [0.717, 1.165) is 0 Å². The number of aromatic hydroxyl groups is 1. The topological polar surface area (TPSA) is 182 Å². The molecule has 0 heterocycles. The van der Waals surface area contributed by atoms with E-state index in [-0.39, 0.29) is 24.2 Å². The number of rotatable bonds is 4. The summed E-state index contributed by atoms with van der Waals surface area (Å²) in [5.74, 6) is -10.9. The minimum Gasteiger partial charge on any atom is -0.507 e. The van der Waals surface area contributed by atoms with Gasteiger partial charge in [0, 0.05) is 31.3 Å². The molecule has 0 radical (unpaired) electrons. The first-order valence-corrected chi connectivity index (χ1v) is 13.2. The summed E-state index contributed by atoms with van der Waals surface area (Å²) in [6, 6.07) is 9.04. The van der Waals surface area contributed by atoms with Crippen molar-refractivity contribution in [2.24, 2.45) is 29.4 Å². The zero-order valence-electron chi connectivity index (χ0n) is 23.0. The van der Waals surface area contributed by atoms with Crippen LogP contribution in [0.2, 0.25) is 0 Å². The van der Waals surface area contributed by atoms with Crippen molar-refractivity contribution in [2.45, 2.75) is 24.5 Å². The molecule has 6 unspecified atom stereocenters. The third kappa shape index (κ3) is 3.89. The summed E-state index contributed by atoms with van der Waals surface area (Å²) in [5, 5.41) is 32.3. The van der Waals surface area contributed by atoms with Crippen molar-refractivity contribution in [3.63, 3.8) is 0 Å². The van der Waals surface area contributed by atoms with E-state index in [0.29, 0.717) is 27.9 Å². The molecular weight excluding hydrogens is 528 g/mol. The van der Waals surface area contributed by atoms with Gasteiger partial charge in [0.2, 0.25) is 5.91 Å². The van der Waals surface area contributed by atoms with Crippen molar-refractivity contribution >= 4 is 34.7 Å². The van der Waals surface area contributed by atoms with Crippen molar-refractivity contribution < 1.29 is 34.2 Å². The Bertz CT molecular complexity index is 1570. The fourth-order valence-corrected chi connectivity index (χ4v) is 7.00. The molecule has 0 aliphatic heterocycles. The molecule has 2 saturated carbocycles. The first kappa shape index (κ1) is 28.1. The van der Waals surface area contributed by atoms with Crippen LogP contribution in [0.25, 0.3) is 11.1 Å². The number of carbonyl (C=O) groups excluding carboxylic acids is 5. The number of anilines is 1. The lowest BCUT2D eigenvalue weighted by molar-refractivity contribution is -0.181. The lowest BCUT2D eigenvalue weighted by Crippen LogP contribution is -2.74. The van der Waals surface area contributed by atoms with Gasteiger partial charge in [-0.1, -0.05) is 12.1 Å². The molecule has 0 bridgehead atoms. The lowest BCUT2D eigenvalue weighted by atomic mass is 9.52. The number of hydrogen-bond acceptors (Lipinski definition) is 10. The monoisotopic (exact) mass is 558 g/mol. The van der Waals surface area contributed by atoms with Gasteiger partial charge in [-0.25, -0.2) is 0 Å². The number of amides is 1. The van der Waals surface area contributed by atoms with Crippen molar-refractivity contribution in [1.29, 1.82) is 5.26 Å². The number of nitrogens with zero attached hydrogens (tertiary/aromatic N) is 3. The molecule has 5 rings (SSSR count). The number of aliphatic hydroxyl groups is 1. The van der Waals surface area contributed by atoms with Crippen LogP contribution in [-0.2, 0) is 25.6 Å². The zero-order valence-corrected chi connectivity index (χ0v) is 23.0. The van der Waals surface area contributed by atoms with E-state index < -0.39 is 64.4 Å². The number of nitrogens with two attached hydrogens (primary N) is 1. The number of nitriles is 1. The van der Waals surface area contributed by atoms with E-state index in [1.165, 1.54) is 4.90 Å². The third-order valence-corrected chi connectivity index (χ3v) is 8.84. The van der Waals surface area contributed by atoms with Crippen LogP contribution in [0.1, 0.15) is 27.9 Å². The predicted molar refractivity (Wildman–Crippen MR) is 146 cm³/mol. The number of likely N-dealkylation sites (N-methyl/N-ethyl adjacent to an activating group) is 1. The second-order valence-corrected chi connectivity index (χ2v) is 11.5. The molecule has 0 saturated heterocycles. The van der Waals surface area contributed by atoms with Crippen LogP contribution in [0.5, 0.6) is 5.75 Å². The number of carbonyl (C=O) groups is 5. The molecule has 11 heteroatoms. The van der Waals surface area contributed by atoms with Crippen LogP contribution < -0.4 is 10.6 Å². The number of phenols is 1. The van der Waals surface area contributed by atoms with Gasteiger partial charge in [0.15, 0.2) is 34.7 Å². The maximum atomic E-state index is 14.1. The molecule has 3 aliphatic carbocycles. The summed E-state index contributed by atoms with van der Waals surface area (Å²) >= 11 is 0. The molecule has 212 valence electrons. The minimum atomic E-state index is -2.78. The van der Waals surface area contributed by atoms with Gasteiger partial charge >= 0.3 is 0 Å². The second kappa shape index (κ2) is 9.61. The van der Waals surface area contributed by atoms with Crippen LogP contribution >= 0.6 is 0 Å². The minimum absolute atomic E-state index is 0.0189. The summed E-state index contributed by atoms with van der Waals surface area (Å²) in [6.07, 6.45) is 0.148. The first-order valence-electron chi connectivity index (χ1n) is 13.2.